The van der Waals surface area contributed by atoms with Crippen LogP contribution in [0.1, 0.15) is 23.1 Å². The lowest BCUT2D eigenvalue weighted by molar-refractivity contribution is 0.624. The Hall–Kier alpha value is -0.370. The summed E-state index contributed by atoms with van der Waals surface area (Å²) in [5.41, 5.74) is 3.71. The van der Waals surface area contributed by atoms with E-state index in [2.05, 4.69) is 15.9 Å². The number of aryl methyl sites for hydroxylation is 1. The summed E-state index contributed by atoms with van der Waals surface area (Å²) in [5.74, 6) is -0.0925. The van der Waals surface area contributed by atoms with Crippen LogP contribution in [0.4, 0.5) is 4.39 Å². The van der Waals surface area contributed by atoms with Crippen LogP contribution >= 0.6 is 15.9 Å². The summed E-state index contributed by atoms with van der Waals surface area (Å²) < 4.78 is 13.0. The van der Waals surface area contributed by atoms with Crippen molar-refractivity contribution in [2.24, 2.45) is 0 Å². The van der Waals surface area contributed by atoms with E-state index in [0.717, 1.165) is 23.7 Å². The first kappa shape index (κ1) is 8.24. The van der Waals surface area contributed by atoms with Gasteiger partial charge in [-0.2, -0.15) is 0 Å². The van der Waals surface area contributed by atoms with Crippen molar-refractivity contribution in [2.75, 3.05) is 0 Å². The van der Waals surface area contributed by atoms with Crippen LogP contribution in [0.2, 0.25) is 0 Å². The Bertz CT molecular complexity index is 307. The highest BCUT2D eigenvalue weighted by Gasteiger charge is 2.15. The van der Waals surface area contributed by atoms with Crippen LogP contribution in [0.3, 0.4) is 0 Å². The molecule has 1 aliphatic carbocycles. The highest BCUT2D eigenvalue weighted by molar-refractivity contribution is 9.08. The summed E-state index contributed by atoms with van der Waals surface area (Å²) in [6, 6.07) is 3.31. The molecular weight excluding hydrogens is 219 g/mol. The number of benzene rings is 1. The average Bonchev–Trinajstić information content (AvgIpc) is 2.50. The molecule has 0 saturated carbocycles. The third-order valence-corrected chi connectivity index (χ3v) is 3.02. The van der Waals surface area contributed by atoms with E-state index in [9.17, 15) is 4.39 Å². The molecule has 0 saturated heterocycles. The zero-order valence-corrected chi connectivity index (χ0v) is 8.33. The van der Waals surface area contributed by atoms with Crippen LogP contribution in [-0.4, -0.2) is 0 Å². The first-order valence-electron chi connectivity index (χ1n) is 4.17. The number of halogens is 2. The molecule has 1 aromatic carbocycles. The summed E-state index contributed by atoms with van der Waals surface area (Å²) in [7, 11) is 0. The van der Waals surface area contributed by atoms with E-state index >= 15 is 0 Å². The summed E-state index contributed by atoms with van der Waals surface area (Å²) >= 11 is 3.38. The first-order chi connectivity index (χ1) is 5.81. The van der Waals surface area contributed by atoms with Crippen molar-refractivity contribution in [3.05, 3.63) is 34.6 Å². The smallest absolute Gasteiger partial charge is 0.123 e. The van der Waals surface area contributed by atoms with Crippen LogP contribution in [0.15, 0.2) is 12.1 Å². The summed E-state index contributed by atoms with van der Waals surface area (Å²) in [6.45, 7) is 0. The Morgan fingerprint density at radius 2 is 2.17 bits per heavy atom. The molecule has 0 aromatic heterocycles. The molecule has 1 aliphatic rings. The van der Waals surface area contributed by atoms with Gasteiger partial charge < -0.3 is 0 Å². The maximum Gasteiger partial charge on any atom is 0.123 e. The minimum atomic E-state index is -0.0925. The monoisotopic (exact) mass is 228 g/mol. The molecule has 0 nitrogen and oxygen atoms in total. The fourth-order valence-electron chi connectivity index (χ4n) is 1.87. The zero-order valence-electron chi connectivity index (χ0n) is 6.74. The second-order valence-corrected chi connectivity index (χ2v) is 3.75. The van der Waals surface area contributed by atoms with Crippen LogP contribution in [-0.2, 0) is 18.2 Å². The third kappa shape index (κ3) is 1.28. The standard InChI is InChI=1S/C10H10BrF/c11-6-8-5-9(12)4-7-2-1-3-10(7)8/h4-5H,1-3,6H2. The Morgan fingerprint density at radius 1 is 1.33 bits per heavy atom. The van der Waals surface area contributed by atoms with Crippen LogP contribution < -0.4 is 0 Å². The molecule has 2 rings (SSSR count). The molecular formula is C10H10BrF. The molecule has 0 N–H and O–H groups in total. The minimum Gasteiger partial charge on any atom is -0.207 e. The fourth-order valence-corrected chi connectivity index (χ4v) is 2.37. The molecule has 0 unspecified atom stereocenters. The van der Waals surface area contributed by atoms with Gasteiger partial charge in [0.25, 0.3) is 0 Å². The Labute approximate surface area is 79.9 Å². The van der Waals surface area contributed by atoms with Crippen molar-refractivity contribution in [3.8, 4) is 0 Å². The highest BCUT2D eigenvalue weighted by Crippen LogP contribution is 2.27. The summed E-state index contributed by atoms with van der Waals surface area (Å²) in [6.07, 6.45) is 3.35. The van der Waals surface area contributed by atoms with Gasteiger partial charge in [-0.3, -0.25) is 0 Å². The number of hydrogen-bond donors (Lipinski definition) is 0. The molecule has 0 aliphatic heterocycles. The van der Waals surface area contributed by atoms with Crippen LogP contribution in [0.5, 0.6) is 0 Å². The van der Waals surface area contributed by atoms with Gasteiger partial charge in [0.2, 0.25) is 0 Å². The lowest BCUT2D eigenvalue weighted by Crippen LogP contribution is -1.92. The third-order valence-electron chi connectivity index (χ3n) is 2.42. The van der Waals surface area contributed by atoms with Gasteiger partial charge in [-0.1, -0.05) is 15.9 Å². The van der Waals surface area contributed by atoms with Crippen LogP contribution in [0, 0.1) is 5.82 Å². The maximum absolute atomic E-state index is 13.0. The average molecular weight is 229 g/mol. The molecule has 0 heterocycles. The van der Waals surface area contributed by atoms with Gasteiger partial charge in [-0.05, 0) is 48.1 Å². The fraction of sp³-hybridized carbons (Fsp3) is 0.400. The number of rotatable bonds is 1. The molecule has 0 spiro atoms. The minimum absolute atomic E-state index is 0.0925. The van der Waals surface area contributed by atoms with E-state index in [-0.39, 0.29) is 5.82 Å². The van der Waals surface area contributed by atoms with Gasteiger partial charge in [0, 0.05) is 5.33 Å². The van der Waals surface area contributed by atoms with Gasteiger partial charge in [0.05, 0.1) is 0 Å². The van der Waals surface area contributed by atoms with E-state index < -0.39 is 0 Å². The second kappa shape index (κ2) is 3.17. The summed E-state index contributed by atoms with van der Waals surface area (Å²) in [5, 5.41) is 0.771. The van der Waals surface area contributed by atoms with E-state index in [0.29, 0.717) is 0 Å². The predicted molar refractivity (Wildman–Crippen MR) is 51.1 cm³/mol. The van der Waals surface area contributed by atoms with Crippen molar-refractivity contribution in [1.82, 2.24) is 0 Å². The number of alkyl halides is 1. The van der Waals surface area contributed by atoms with Gasteiger partial charge in [0.1, 0.15) is 5.82 Å². The molecule has 2 heteroatoms. The summed E-state index contributed by atoms with van der Waals surface area (Å²) in [4.78, 5) is 0. The van der Waals surface area contributed by atoms with Gasteiger partial charge in [0.15, 0.2) is 0 Å². The van der Waals surface area contributed by atoms with Gasteiger partial charge in [-0.25, -0.2) is 4.39 Å². The van der Waals surface area contributed by atoms with Gasteiger partial charge in [-0.15, -0.1) is 0 Å². The van der Waals surface area contributed by atoms with Crippen molar-refractivity contribution in [3.63, 3.8) is 0 Å². The predicted octanol–water partition coefficient (Wildman–Crippen LogP) is 3.21. The quantitative estimate of drug-likeness (QED) is 0.648. The molecule has 1 aromatic rings. The molecule has 0 bridgehead atoms. The van der Waals surface area contributed by atoms with E-state index in [1.54, 1.807) is 12.1 Å². The van der Waals surface area contributed by atoms with Crippen molar-refractivity contribution >= 4 is 15.9 Å². The molecule has 12 heavy (non-hydrogen) atoms. The maximum atomic E-state index is 13.0. The van der Waals surface area contributed by atoms with E-state index in [4.69, 9.17) is 0 Å². The zero-order chi connectivity index (χ0) is 8.55. The number of hydrogen-bond acceptors (Lipinski definition) is 0. The molecule has 0 amide bonds. The molecule has 0 atom stereocenters. The highest BCUT2D eigenvalue weighted by atomic mass is 79.9. The molecule has 64 valence electrons. The SMILES string of the molecule is Fc1cc(CBr)c2c(c1)CCC2. The lowest BCUT2D eigenvalue weighted by Gasteiger charge is -2.05. The Kier molecular flexibility index (Phi) is 2.18. The molecule has 0 fully saturated rings. The lowest BCUT2D eigenvalue weighted by atomic mass is 10.0. The van der Waals surface area contributed by atoms with Crippen molar-refractivity contribution < 1.29 is 4.39 Å². The Morgan fingerprint density at radius 3 is 2.92 bits per heavy atom. The molecule has 0 radical (unpaired) electrons. The van der Waals surface area contributed by atoms with Gasteiger partial charge >= 0.3 is 0 Å². The second-order valence-electron chi connectivity index (χ2n) is 3.19. The van der Waals surface area contributed by atoms with Crippen molar-refractivity contribution in [1.29, 1.82) is 0 Å². The largest absolute Gasteiger partial charge is 0.207 e. The Balaban J connectivity index is 2.55. The topological polar surface area (TPSA) is 0 Å². The van der Waals surface area contributed by atoms with E-state index in [1.165, 1.54) is 17.5 Å². The normalized spacial score (nSPS) is 14.8. The van der Waals surface area contributed by atoms with E-state index in [1.807, 2.05) is 0 Å². The van der Waals surface area contributed by atoms with Crippen LogP contribution in [0.25, 0.3) is 0 Å². The number of fused-ring (bicyclic) bond motifs is 1. The van der Waals surface area contributed by atoms with Crippen molar-refractivity contribution in [2.45, 2.75) is 24.6 Å². The first-order valence-corrected chi connectivity index (χ1v) is 5.29.